The average Bonchev–Trinajstić information content (AvgIpc) is 3.37. The van der Waals surface area contributed by atoms with Crippen LogP contribution in [0.25, 0.3) is 11.3 Å². The number of piperazine rings is 1. The van der Waals surface area contributed by atoms with Gasteiger partial charge in [-0.2, -0.15) is 0 Å². The summed E-state index contributed by atoms with van der Waals surface area (Å²) in [4.78, 5) is 46.8. The fraction of sp³-hybridized carbons (Fsp3) is 0.520. The van der Waals surface area contributed by atoms with Gasteiger partial charge in [0.05, 0.1) is 23.7 Å². The molecule has 0 bridgehead atoms. The van der Waals surface area contributed by atoms with Gasteiger partial charge < -0.3 is 19.6 Å². The molecule has 4 rings (SSSR count). The topological polar surface area (TPSA) is 103 Å². The summed E-state index contributed by atoms with van der Waals surface area (Å²) < 4.78 is 5.49. The molecule has 2 saturated heterocycles. The highest BCUT2D eigenvalue weighted by molar-refractivity contribution is 7.14. The maximum atomic E-state index is 13.1. The summed E-state index contributed by atoms with van der Waals surface area (Å²) in [5.74, 6) is -0.827. The summed E-state index contributed by atoms with van der Waals surface area (Å²) in [7, 11) is 0. The molecule has 35 heavy (non-hydrogen) atoms. The molecule has 1 atom stereocenters. The van der Waals surface area contributed by atoms with Crippen molar-refractivity contribution in [3.05, 3.63) is 35.2 Å². The van der Waals surface area contributed by atoms with Crippen LogP contribution in [0.2, 0.25) is 0 Å². The number of carbonyl (C=O) groups is 3. The van der Waals surface area contributed by atoms with Gasteiger partial charge in [0.1, 0.15) is 5.60 Å². The van der Waals surface area contributed by atoms with Gasteiger partial charge in [-0.15, -0.1) is 11.3 Å². The Morgan fingerprint density at radius 1 is 1.11 bits per heavy atom. The lowest BCUT2D eigenvalue weighted by Gasteiger charge is -2.36. The van der Waals surface area contributed by atoms with Gasteiger partial charge in [-0.3, -0.25) is 9.69 Å². The zero-order valence-electron chi connectivity index (χ0n) is 20.8. The summed E-state index contributed by atoms with van der Waals surface area (Å²) in [5, 5.41) is 11.9. The summed E-state index contributed by atoms with van der Waals surface area (Å²) in [6.45, 7) is 10.8. The van der Waals surface area contributed by atoms with Crippen molar-refractivity contribution < 1.29 is 24.2 Å². The van der Waals surface area contributed by atoms with Crippen LogP contribution in [0, 0.1) is 5.41 Å². The van der Waals surface area contributed by atoms with Crippen LogP contribution in [0.5, 0.6) is 0 Å². The van der Waals surface area contributed by atoms with Crippen molar-refractivity contribution in [3.8, 4) is 11.3 Å². The van der Waals surface area contributed by atoms with Gasteiger partial charge in [-0.25, -0.2) is 14.6 Å². The molecule has 188 valence electrons. The highest BCUT2D eigenvalue weighted by atomic mass is 32.1. The number of aliphatic carboxylic acids is 1. The monoisotopic (exact) mass is 500 g/mol. The number of anilines is 1. The standard InChI is InChI=1S/C25H32N4O5S/c1-24(2,3)34-23(33)27-10-11-28-18(13-27)14-29(22(28)32)21-26-19(15-35-21)17-8-6-16(7-9-17)12-25(4,5)20(30)31/h6-9,15,18H,10-14H2,1-5H3,(H,30,31). The van der Waals surface area contributed by atoms with Gasteiger partial charge >= 0.3 is 18.1 Å². The predicted octanol–water partition coefficient (Wildman–Crippen LogP) is 4.32. The van der Waals surface area contributed by atoms with E-state index in [2.05, 4.69) is 0 Å². The highest BCUT2D eigenvalue weighted by Gasteiger charge is 2.43. The van der Waals surface area contributed by atoms with Gasteiger partial charge in [0.25, 0.3) is 0 Å². The number of carboxylic acid groups (broad SMARTS) is 1. The molecule has 0 spiro atoms. The predicted molar refractivity (Wildman–Crippen MR) is 134 cm³/mol. The van der Waals surface area contributed by atoms with E-state index in [0.717, 1.165) is 16.8 Å². The Kier molecular flexibility index (Phi) is 6.52. The van der Waals surface area contributed by atoms with Crippen molar-refractivity contribution in [1.29, 1.82) is 0 Å². The number of nitrogens with zero attached hydrogens (tertiary/aromatic N) is 4. The van der Waals surface area contributed by atoms with Crippen molar-refractivity contribution in [1.82, 2.24) is 14.8 Å². The first-order chi connectivity index (χ1) is 16.3. The van der Waals surface area contributed by atoms with Gasteiger partial charge in [0.2, 0.25) is 0 Å². The number of benzene rings is 1. The molecule has 1 unspecified atom stereocenters. The maximum Gasteiger partial charge on any atom is 0.410 e. The number of fused-ring (bicyclic) bond motifs is 1. The highest BCUT2D eigenvalue weighted by Crippen LogP contribution is 2.33. The molecule has 10 heteroatoms. The van der Waals surface area contributed by atoms with E-state index in [-0.39, 0.29) is 18.2 Å². The average molecular weight is 501 g/mol. The Morgan fingerprint density at radius 2 is 1.80 bits per heavy atom. The Bertz CT molecular complexity index is 1120. The van der Waals surface area contributed by atoms with Crippen molar-refractivity contribution >= 4 is 34.6 Å². The molecule has 3 amide bonds. The number of hydrogen-bond donors (Lipinski definition) is 1. The number of ether oxygens (including phenoxy) is 1. The minimum atomic E-state index is -0.837. The Hall–Kier alpha value is -3.14. The lowest BCUT2D eigenvalue weighted by molar-refractivity contribution is -0.146. The fourth-order valence-electron chi connectivity index (χ4n) is 4.26. The second-order valence-corrected chi connectivity index (χ2v) is 11.6. The van der Waals surface area contributed by atoms with Crippen LogP contribution < -0.4 is 4.90 Å². The first-order valence-corrected chi connectivity index (χ1v) is 12.6. The molecule has 9 nitrogen and oxygen atoms in total. The van der Waals surface area contributed by atoms with E-state index in [4.69, 9.17) is 9.72 Å². The SMILES string of the molecule is CC(C)(C)OC(=O)N1CCN2C(=O)N(c3nc(-c4ccc(CC(C)(C)C(=O)O)cc4)cs3)CC2C1. The van der Waals surface area contributed by atoms with E-state index in [1.165, 1.54) is 11.3 Å². The number of carbonyl (C=O) groups excluding carboxylic acids is 2. The third-order valence-electron chi connectivity index (χ3n) is 6.20. The van der Waals surface area contributed by atoms with E-state index in [1.807, 2.05) is 50.4 Å². The molecule has 2 aromatic rings. The van der Waals surface area contributed by atoms with Gasteiger partial charge in [-0.05, 0) is 46.6 Å². The van der Waals surface area contributed by atoms with Crippen LogP contribution >= 0.6 is 11.3 Å². The minimum Gasteiger partial charge on any atom is -0.481 e. The van der Waals surface area contributed by atoms with Crippen LogP contribution in [0.15, 0.2) is 29.6 Å². The maximum absolute atomic E-state index is 13.1. The number of amides is 3. The number of hydrogen-bond acceptors (Lipinski definition) is 6. The van der Waals surface area contributed by atoms with Crippen molar-refractivity contribution in [2.75, 3.05) is 31.1 Å². The molecule has 2 fully saturated rings. The number of urea groups is 1. The third-order valence-corrected chi connectivity index (χ3v) is 7.07. The number of thiazole rings is 1. The quantitative estimate of drug-likeness (QED) is 0.656. The van der Waals surface area contributed by atoms with Crippen LogP contribution in [-0.4, -0.2) is 75.8 Å². The summed E-state index contributed by atoms with van der Waals surface area (Å²) in [5.41, 5.74) is 1.22. The molecule has 1 N–H and O–H groups in total. The minimum absolute atomic E-state index is 0.0917. The van der Waals surface area contributed by atoms with Crippen molar-refractivity contribution in [2.24, 2.45) is 5.41 Å². The van der Waals surface area contributed by atoms with E-state index in [9.17, 15) is 19.5 Å². The molecule has 2 aliphatic heterocycles. The largest absolute Gasteiger partial charge is 0.481 e. The van der Waals surface area contributed by atoms with Gasteiger partial charge in [-0.1, -0.05) is 24.3 Å². The molecular weight excluding hydrogens is 468 g/mol. The molecule has 0 saturated carbocycles. The first-order valence-electron chi connectivity index (χ1n) is 11.7. The lowest BCUT2D eigenvalue weighted by Crippen LogP contribution is -2.54. The van der Waals surface area contributed by atoms with Crippen molar-refractivity contribution in [3.63, 3.8) is 0 Å². The number of aromatic nitrogens is 1. The zero-order chi connectivity index (χ0) is 25.5. The second kappa shape index (κ2) is 9.14. The Labute approximate surface area is 209 Å². The number of carboxylic acids is 1. The van der Waals surface area contributed by atoms with E-state index < -0.39 is 17.0 Å². The zero-order valence-corrected chi connectivity index (χ0v) is 21.6. The molecule has 0 aliphatic carbocycles. The Morgan fingerprint density at radius 3 is 2.43 bits per heavy atom. The third kappa shape index (κ3) is 5.42. The molecular formula is C25H32N4O5S. The summed E-state index contributed by atoms with van der Waals surface area (Å²) in [6, 6.07) is 7.51. The second-order valence-electron chi connectivity index (χ2n) is 10.7. The molecule has 1 aromatic carbocycles. The van der Waals surface area contributed by atoms with E-state index >= 15 is 0 Å². The normalized spacial score (nSPS) is 18.6. The molecule has 0 radical (unpaired) electrons. The fourth-order valence-corrected chi connectivity index (χ4v) is 5.10. The van der Waals surface area contributed by atoms with Crippen LogP contribution in [0.1, 0.15) is 40.2 Å². The Balaban J connectivity index is 1.42. The molecule has 2 aliphatic rings. The summed E-state index contributed by atoms with van der Waals surface area (Å²) in [6.07, 6.45) is 0.0832. The van der Waals surface area contributed by atoms with E-state index in [1.54, 1.807) is 28.5 Å². The summed E-state index contributed by atoms with van der Waals surface area (Å²) >= 11 is 1.41. The lowest BCUT2D eigenvalue weighted by atomic mass is 9.86. The molecule has 3 heterocycles. The first kappa shape index (κ1) is 25.0. The number of rotatable bonds is 5. The van der Waals surface area contributed by atoms with Gasteiger partial charge in [0, 0.05) is 30.6 Å². The van der Waals surface area contributed by atoms with Crippen LogP contribution in [0.4, 0.5) is 14.7 Å². The molecule has 1 aromatic heterocycles. The van der Waals surface area contributed by atoms with Crippen LogP contribution in [0.3, 0.4) is 0 Å². The van der Waals surface area contributed by atoms with Gasteiger partial charge in [0.15, 0.2) is 5.13 Å². The smallest absolute Gasteiger partial charge is 0.410 e. The van der Waals surface area contributed by atoms with Crippen LogP contribution in [-0.2, 0) is 16.0 Å². The van der Waals surface area contributed by atoms with Crippen molar-refractivity contribution in [2.45, 2.75) is 52.7 Å². The van der Waals surface area contributed by atoms with E-state index in [0.29, 0.717) is 37.7 Å².